The SMILES string of the molecule is Cc1ccc(N(C)CC2CCC(C(=O)O)O2)c(C)c1. The van der Waals surface area contributed by atoms with Gasteiger partial charge in [-0.15, -0.1) is 0 Å². The minimum absolute atomic E-state index is 0.00630. The van der Waals surface area contributed by atoms with Crippen LogP contribution in [-0.2, 0) is 9.53 Å². The Balaban J connectivity index is 1.98. The predicted molar refractivity (Wildman–Crippen MR) is 74.7 cm³/mol. The molecule has 1 aromatic rings. The number of nitrogens with zero attached hydrogens (tertiary/aromatic N) is 1. The van der Waals surface area contributed by atoms with E-state index in [4.69, 9.17) is 9.84 Å². The molecule has 1 N–H and O–H groups in total. The zero-order valence-corrected chi connectivity index (χ0v) is 11.7. The molecule has 4 nitrogen and oxygen atoms in total. The van der Waals surface area contributed by atoms with Crippen LogP contribution in [0.4, 0.5) is 5.69 Å². The summed E-state index contributed by atoms with van der Waals surface area (Å²) in [7, 11) is 2.02. The summed E-state index contributed by atoms with van der Waals surface area (Å²) in [5.41, 5.74) is 3.65. The lowest BCUT2D eigenvalue weighted by molar-refractivity contribution is -0.149. The number of carbonyl (C=O) groups is 1. The first-order valence-corrected chi connectivity index (χ1v) is 6.64. The van der Waals surface area contributed by atoms with E-state index < -0.39 is 12.1 Å². The second-order valence-corrected chi connectivity index (χ2v) is 5.33. The molecular formula is C15H21NO3. The van der Waals surface area contributed by atoms with Gasteiger partial charge < -0.3 is 14.7 Å². The van der Waals surface area contributed by atoms with Crippen molar-refractivity contribution < 1.29 is 14.6 Å². The molecule has 0 amide bonds. The Kier molecular flexibility index (Phi) is 4.10. The molecule has 4 heteroatoms. The molecule has 1 aliphatic heterocycles. The fourth-order valence-corrected chi connectivity index (χ4v) is 2.66. The Bertz CT molecular complexity index is 472. The van der Waals surface area contributed by atoms with E-state index in [1.165, 1.54) is 16.8 Å². The Morgan fingerprint density at radius 2 is 2.16 bits per heavy atom. The number of aryl methyl sites for hydroxylation is 2. The van der Waals surface area contributed by atoms with Gasteiger partial charge in [-0.1, -0.05) is 17.7 Å². The highest BCUT2D eigenvalue weighted by molar-refractivity contribution is 5.72. The van der Waals surface area contributed by atoms with Gasteiger partial charge in [0.05, 0.1) is 6.10 Å². The zero-order valence-electron chi connectivity index (χ0n) is 11.7. The highest BCUT2D eigenvalue weighted by Crippen LogP contribution is 2.24. The molecule has 0 aromatic heterocycles. The molecule has 0 bridgehead atoms. The average Bonchev–Trinajstić information content (AvgIpc) is 2.77. The van der Waals surface area contributed by atoms with E-state index in [9.17, 15) is 4.79 Å². The molecular weight excluding hydrogens is 242 g/mol. The summed E-state index contributed by atoms with van der Waals surface area (Å²) in [6.07, 6.45) is 0.803. The number of likely N-dealkylation sites (N-methyl/N-ethyl adjacent to an activating group) is 1. The smallest absolute Gasteiger partial charge is 0.332 e. The maximum atomic E-state index is 10.9. The Hall–Kier alpha value is -1.55. The van der Waals surface area contributed by atoms with Gasteiger partial charge >= 0.3 is 5.97 Å². The fraction of sp³-hybridized carbons (Fsp3) is 0.533. The van der Waals surface area contributed by atoms with Crippen molar-refractivity contribution in [3.63, 3.8) is 0 Å². The Morgan fingerprint density at radius 1 is 1.42 bits per heavy atom. The van der Waals surface area contributed by atoms with Gasteiger partial charge in [0, 0.05) is 19.3 Å². The number of ether oxygens (including phenoxy) is 1. The van der Waals surface area contributed by atoms with Gasteiger partial charge in [0.1, 0.15) is 0 Å². The first kappa shape index (κ1) is 13.9. The first-order valence-electron chi connectivity index (χ1n) is 6.64. The molecule has 1 saturated heterocycles. The van der Waals surface area contributed by atoms with Crippen molar-refractivity contribution in [2.24, 2.45) is 0 Å². The number of benzene rings is 1. The highest BCUT2D eigenvalue weighted by atomic mass is 16.5. The minimum atomic E-state index is -0.850. The molecule has 1 fully saturated rings. The van der Waals surface area contributed by atoms with Crippen molar-refractivity contribution in [1.29, 1.82) is 0 Å². The number of rotatable bonds is 4. The molecule has 104 valence electrons. The lowest BCUT2D eigenvalue weighted by Crippen LogP contribution is -2.31. The van der Waals surface area contributed by atoms with Crippen LogP contribution in [-0.4, -0.2) is 36.9 Å². The van der Waals surface area contributed by atoms with E-state index in [1.807, 2.05) is 7.05 Å². The van der Waals surface area contributed by atoms with Crippen molar-refractivity contribution in [3.8, 4) is 0 Å². The van der Waals surface area contributed by atoms with E-state index in [1.54, 1.807) is 0 Å². The van der Waals surface area contributed by atoms with Gasteiger partial charge in [0.25, 0.3) is 0 Å². The monoisotopic (exact) mass is 263 g/mol. The van der Waals surface area contributed by atoms with E-state index in [0.717, 1.165) is 13.0 Å². The van der Waals surface area contributed by atoms with Crippen LogP contribution in [0.15, 0.2) is 18.2 Å². The molecule has 19 heavy (non-hydrogen) atoms. The lowest BCUT2D eigenvalue weighted by Gasteiger charge is -2.25. The average molecular weight is 263 g/mol. The van der Waals surface area contributed by atoms with Gasteiger partial charge in [-0.2, -0.15) is 0 Å². The number of hydrogen-bond donors (Lipinski definition) is 1. The third-order valence-corrected chi connectivity index (χ3v) is 3.62. The van der Waals surface area contributed by atoms with Crippen LogP contribution in [0.1, 0.15) is 24.0 Å². The third kappa shape index (κ3) is 3.26. The predicted octanol–water partition coefficient (Wildman–Crippen LogP) is 2.37. The second kappa shape index (κ2) is 5.61. The molecule has 0 saturated carbocycles. The van der Waals surface area contributed by atoms with Gasteiger partial charge in [0.15, 0.2) is 6.10 Å². The number of hydrogen-bond acceptors (Lipinski definition) is 3. The molecule has 2 unspecified atom stereocenters. The molecule has 1 aromatic carbocycles. The van der Waals surface area contributed by atoms with Crippen LogP contribution in [0.2, 0.25) is 0 Å². The van der Waals surface area contributed by atoms with Crippen LogP contribution in [0.5, 0.6) is 0 Å². The zero-order chi connectivity index (χ0) is 14.0. The molecule has 0 spiro atoms. The molecule has 2 rings (SSSR count). The maximum absolute atomic E-state index is 10.9. The molecule has 0 radical (unpaired) electrons. The van der Waals surface area contributed by atoms with E-state index >= 15 is 0 Å². The van der Waals surface area contributed by atoms with Gasteiger partial charge in [-0.3, -0.25) is 0 Å². The van der Waals surface area contributed by atoms with E-state index in [2.05, 4.69) is 36.9 Å². The maximum Gasteiger partial charge on any atom is 0.332 e. The third-order valence-electron chi connectivity index (χ3n) is 3.62. The quantitative estimate of drug-likeness (QED) is 0.906. The van der Waals surface area contributed by atoms with Crippen LogP contribution in [0, 0.1) is 13.8 Å². The van der Waals surface area contributed by atoms with E-state index in [-0.39, 0.29) is 6.10 Å². The van der Waals surface area contributed by atoms with E-state index in [0.29, 0.717) is 6.42 Å². The summed E-state index contributed by atoms with van der Waals surface area (Å²) in [6, 6.07) is 6.35. The van der Waals surface area contributed by atoms with Crippen molar-refractivity contribution >= 4 is 11.7 Å². The topological polar surface area (TPSA) is 49.8 Å². The summed E-state index contributed by atoms with van der Waals surface area (Å²) in [5.74, 6) is -0.850. The fourth-order valence-electron chi connectivity index (χ4n) is 2.66. The number of carboxylic acid groups (broad SMARTS) is 1. The summed E-state index contributed by atoms with van der Waals surface area (Å²) in [4.78, 5) is 13.0. The van der Waals surface area contributed by atoms with Crippen LogP contribution >= 0.6 is 0 Å². The summed E-state index contributed by atoms with van der Waals surface area (Å²) in [6.45, 7) is 4.90. The standard InChI is InChI=1S/C15H21NO3/c1-10-4-6-13(11(2)8-10)16(3)9-12-5-7-14(19-12)15(17)18/h4,6,8,12,14H,5,7,9H2,1-3H3,(H,17,18). The molecule has 2 atom stereocenters. The van der Waals surface area contributed by atoms with Gasteiger partial charge in [0.2, 0.25) is 0 Å². The van der Waals surface area contributed by atoms with Crippen molar-refractivity contribution in [1.82, 2.24) is 0 Å². The lowest BCUT2D eigenvalue weighted by atomic mass is 10.1. The van der Waals surface area contributed by atoms with Crippen LogP contribution in [0.3, 0.4) is 0 Å². The first-order chi connectivity index (χ1) is 8.97. The van der Waals surface area contributed by atoms with Crippen LogP contribution in [0.25, 0.3) is 0 Å². The summed E-state index contributed by atoms with van der Waals surface area (Å²) >= 11 is 0. The number of aliphatic carboxylic acids is 1. The molecule has 1 aliphatic rings. The highest BCUT2D eigenvalue weighted by Gasteiger charge is 2.31. The normalized spacial score (nSPS) is 22.5. The summed E-state index contributed by atoms with van der Waals surface area (Å²) in [5, 5.41) is 8.92. The summed E-state index contributed by atoms with van der Waals surface area (Å²) < 4.78 is 5.54. The van der Waals surface area contributed by atoms with Gasteiger partial charge in [-0.25, -0.2) is 4.79 Å². The minimum Gasteiger partial charge on any atom is -0.479 e. The molecule has 0 aliphatic carbocycles. The largest absolute Gasteiger partial charge is 0.479 e. The van der Waals surface area contributed by atoms with Crippen molar-refractivity contribution in [3.05, 3.63) is 29.3 Å². The second-order valence-electron chi connectivity index (χ2n) is 5.33. The Morgan fingerprint density at radius 3 is 2.74 bits per heavy atom. The van der Waals surface area contributed by atoms with Crippen molar-refractivity contribution in [2.45, 2.75) is 38.9 Å². The van der Waals surface area contributed by atoms with Crippen molar-refractivity contribution in [2.75, 3.05) is 18.5 Å². The Labute approximate surface area is 114 Å². The molecule has 1 heterocycles. The van der Waals surface area contributed by atoms with Gasteiger partial charge in [-0.05, 0) is 38.3 Å². The van der Waals surface area contributed by atoms with Crippen LogP contribution < -0.4 is 4.90 Å². The number of carboxylic acids is 1. The number of anilines is 1.